The molecule has 172 valence electrons. The summed E-state index contributed by atoms with van der Waals surface area (Å²) >= 11 is 6.28. The summed E-state index contributed by atoms with van der Waals surface area (Å²) in [5.74, 6) is -0.00432. The Hall–Kier alpha value is -4.30. The zero-order valence-corrected chi connectivity index (χ0v) is 18.8. The molecule has 10 nitrogen and oxygen atoms in total. The van der Waals surface area contributed by atoms with Gasteiger partial charge in [0.2, 0.25) is 5.95 Å². The number of fused-ring (bicyclic) bond motifs is 1. The second-order valence-electron chi connectivity index (χ2n) is 7.40. The van der Waals surface area contributed by atoms with Gasteiger partial charge in [0.1, 0.15) is 29.1 Å². The molecule has 0 unspecified atom stereocenters. The zero-order valence-electron chi connectivity index (χ0n) is 18.0. The molecule has 0 aliphatic heterocycles. The molecule has 5 N–H and O–H groups in total. The van der Waals surface area contributed by atoms with E-state index in [1.807, 2.05) is 6.07 Å². The van der Waals surface area contributed by atoms with Crippen molar-refractivity contribution in [2.45, 2.75) is 19.8 Å². The van der Waals surface area contributed by atoms with Crippen LogP contribution in [0.1, 0.15) is 23.4 Å². The Morgan fingerprint density at radius 3 is 2.79 bits per heavy atom. The third-order valence-corrected chi connectivity index (χ3v) is 5.53. The van der Waals surface area contributed by atoms with E-state index < -0.39 is 11.4 Å². The third kappa shape index (κ3) is 4.18. The molecule has 34 heavy (non-hydrogen) atoms. The predicted molar refractivity (Wildman–Crippen MR) is 127 cm³/mol. The number of hydrogen-bond acceptors (Lipinski definition) is 9. The summed E-state index contributed by atoms with van der Waals surface area (Å²) in [4.78, 5) is 29.8. The van der Waals surface area contributed by atoms with Crippen molar-refractivity contribution >= 4 is 40.1 Å². The van der Waals surface area contributed by atoms with E-state index in [1.54, 1.807) is 25.1 Å². The summed E-state index contributed by atoms with van der Waals surface area (Å²) in [6.07, 6.45) is 3.31. The topological polar surface area (TPSA) is 161 Å². The van der Waals surface area contributed by atoms with Gasteiger partial charge < -0.3 is 16.8 Å². The van der Waals surface area contributed by atoms with Crippen LogP contribution in [-0.4, -0.2) is 31.0 Å². The average Bonchev–Trinajstić information content (AvgIpc) is 2.79. The van der Waals surface area contributed by atoms with Gasteiger partial charge in [-0.3, -0.25) is 14.3 Å². The number of anilines is 3. The molecular weight excluding hydrogens is 461 g/mol. The van der Waals surface area contributed by atoms with E-state index in [2.05, 4.69) is 25.3 Å². The van der Waals surface area contributed by atoms with E-state index in [0.717, 1.165) is 6.20 Å². The van der Waals surface area contributed by atoms with Crippen molar-refractivity contribution < 1.29 is 4.39 Å². The normalized spacial score (nSPS) is 10.9. The number of nitrogens with one attached hydrogen (secondary N) is 1. The lowest BCUT2D eigenvalue weighted by atomic mass is 10.2. The monoisotopic (exact) mass is 479 g/mol. The summed E-state index contributed by atoms with van der Waals surface area (Å²) in [6.45, 7) is 1.92. The van der Waals surface area contributed by atoms with Gasteiger partial charge >= 0.3 is 0 Å². The number of nitrogens with zero attached hydrogens (tertiary/aromatic N) is 6. The highest BCUT2D eigenvalue weighted by atomic mass is 35.5. The van der Waals surface area contributed by atoms with Crippen LogP contribution in [-0.2, 0) is 6.42 Å². The number of nitrogens with two attached hydrogens (primary N) is 2. The smallest absolute Gasteiger partial charge is 0.267 e. The fourth-order valence-corrected chi connectivity index (χ4v) is 3.80. The second kappa shape index (κ2) is 9.29. The van der Waals surface area contributed by atoms with Gasteiger partial charge in [-0.05, 0) is 25.5 Å². The maximum Gasteiger partial charge on any atom is 0.267 e. The maximum absolute atomic E-state index is 14.3. The van der Waals surface area contributed by atoms with Crippen LogP contribution in [0, 0.1) is 24.1 Å². The SMILES string of the molecule is Cc1c(F)cncc1-n1c(CCCNc2nc(N)nc(N)c2C#N)nc2cccc(Cl)c2c1=O. The van der Waals surface area contributed by atoms with Crippen LogP contribution < -0.4 is 22.3 Å². The van der Waals surface area contributed by atoms with Crippen LogP contribution in [0.4, 0.5) is 22.0 Å². The van der Waals surface area contributed by atoms with Crippen molar-refractivity contribution in [3.05, 3.63) is 68.7 Å². The first-order chi connectivity index (χ1) is 16.3. The Balaban J connectivity index is 1.70. The maximum atomic E-state index is 14.3. The zero-order chi connectivity index (χ0) is 24.4. The van der Waals surface area contributed by atoms with Gasteiger partial charge in [0.05, 0.1) is 34.0 Å². The number of halogens is 2. The molecule has 0 atom stereocenters. The molecule has 0 bridgehead atoms. The molecule has 12 heteroatoms. The molecule has 0 aliphatic carbocycles. The van der Waals surface area contributed by atoms with Crippen LogP contribution in [0.5, 0.6) is 0 Å². The molecule has 1 aromatic carbocycles. The number of aromatic nitrogens is 5. The first-order valence-corrected chi connectivity index (χ1v) is 10.6. The van der Waals surface area contributed by atoms with Gasteiger partial charge in [0.15, 0.2) is 5.82 Å². The standard InChI is InChI=1S/C22H19ClFN9O/c1-11-14(24)9-28-10-16(11)33-17(30-15-5-2-4-13(23)18(15)21(33)34)6-3-7-29-20-12(8-25)19(26)31-22(27)32-20/h2,4-5,9-10H,3,6-7H2,1H3,(H5,26,27,29,31,32). The Morgan fingerprint density at radius 2 is 2.03 bits per heavy atom. The van der Waals surface area contributed by atoms with Crippen LogP contribution in [0.15, 0.2) is 35.4 Å². The average molecular weight is 480 g/mol. The Labute approximate surface area is 198 Å². The largest absolute Gasteiger partial charge is 0.382 e. The summed E-state index contributed by atoms with van der Waals surface area (Å²) in [6, 6.07) is 6.94. The summed E-state index contributed by atoms with van der Waals surface area (Å²) < 4.78 is 15.6. The molecule has 0 saturated carbocycles. The highest BCUT2D eigenvalue weighted by molar-refractivity contribution is 6.35. The van der Waals surface area contributed by atoms with E-state index in [1.165, 1.54) is 10.8 Å². The number of rotatable bonds is 6. The number of aryl methyl sites for hydroxylation is 1. The van der Waals surface area contributed by atoms with Gasteiger partial charge in [0, 0.05) is 18.5 Å². The van der Waals surface area contributed by atoms with Crippen LogP contribution in [0.2, 0.25) is 5.02 Å². The lowest BCUT2D eigenvalue weighted by Gasteiger charge is -2.16. The van der Waals surface area contributed by atoms with E-state index in [0.29, 0.717) is 30.7 Å². The van der Waals surface area contributed by atoms with Gasteiger partial charge in [0.25, 0.3) is 5.56 Å². The van der Waals surface area contributed by atoms with Crippen LogP contribution in [0.3, 0.4) is 0 Å². The first kappa shape index (κ1) is 22.9. The van der Waals surface area contributed by atoms with Crippen molar-refractivity contribution in [1.29, 1.82) is 5.26 Å². The minimum atomic E-state index is -0.542. The Morgan fingerprint density at radius 1 is 1.24 bits per heavy atom. The van der Waals surface area contributed by atoms with Crippen molar-refractivity contribution in [3.63, 3.8) is 0 Å². The molecule has 0 radical (unpaired) electrons. The number of nitrogen functional groups attached to an aromatic ring is 2. The molecule has 3 heterocycles. The first-order valence-electron chi connectivity index (χ1n) is 10.2. The van der Waals surface area contributed by atoms with Crippen molar-refractivity contribution in [1.82, 2.24) is 24.5 Å². The highest BCUT2D eigenvalue weighted by Crippen LogP contribution is 2.23. The fraction of sp³-hybridized carbons (Fsp3) is 0.182. The van der Waals surface area contributed by atoms with E-state index in [9.17, 15) is 14.4 Å². The van der Waals surface area contributed by atoms with E-state index >= 15 is 0 Å². The van der Waals surface area contributed by atoms with Crippen molar-refractivity contribution in [3.8, 4) is 11.8 Å². The summed E-state index contributed by atoms with van der Waals surface area (Å²) in [5.41, 5.74) is 12.0. The molecule has 4 aromatic rings. The Kier molecular flexibility index (Phi) is 6.25. The highest BCUT2D eigenvalue weighted by Gasteiger charge is 2.18. The van der Waals surface area contributed by atoms with Crippen molar-refractivity contribution in [2.75, 3.05) is 23.3 Å². The van der Waals surface area contributed by atoms with Gasteiger partial charge in [-0.25, -0.2) is 9.37 Å². The van der Waals surface area contributed by atoms with Crippen LogP contribution in [0.25, 0.3) is 16.6 Å². The Bertz CT molecular complexity index is 1510. The summed E-state index contributed by atoms with van der Waals surface area (Å²) in [5, 5.41) is 12.8. The predicted octanol–water partition coefficient (Wildman–Crippen LogP) is 2.75. The minimum Gasteiger partial charge on any atom is -0.382 e. The molecule has 0 amide bonds. The number of benzene rings is 1. The second-order valence-corrected chi connectivity index (χ2v) is 7.81. The molecular formula is C22H19ClFN9O. The lowest BCUT2D eigenvalue weighted by Crippen LogP contribution is -2.25. The van der Waals surface area contributed by atoms with Gasteiger partial charge in [-0.2, -0.15) is 15.2 Å². The molecule has 4 rings (SSSR count). The molecule has 3 aromatic heterocycles. The molecule has 0 aliphatic rings. The van der Waals surface area contributed by atoms with Crippen LogP contribution >= 0.6 is 11.6 Å². The minimum absolute atomic E-state index is 0.0199. The molecule has 0 saturated heterocycles. The fourth-order valence-electron chi connectivity index (χ4n) is 3.55. The number of hydrogen-bond donors (Lipinski definition) is 3. The lowest BCUT2D eigenvalue weighted by molar-refractivity contribution is 0.608. The van der Waals surface area contributed by atoms with E-state index in [4.69, 9.17) is 23.1 Å². The van der Waals surface area contributed by atoms with Crippen molar-refractivity contribution in [2.24, 2.45) is 0 Å². The van der Waals surface area contributed by atoms with E-state index in [-0.39, 0.29) is 44.8 Å². The summed E-state index contributed by atoms with van der Waals surface area (Å²) in [7, 11) is 0. The van der Waals surface area contributed by atoms with Gasteiger partial charge in [-0.1, -0.05) is 17.7 Å². The third-order valence-electron chi connectivity index (χ3n) is 5.22. The van der Waals surface area contributed by atoms with Gasteiger partial charge in [-0.15, -0.1) is 0 Å². The number of nitriles is 1. The molecule has 0 spiro atoms. The molecule has 0 fully saturated rings. The number of pyridine rings is 1. The quantitative estimate of drug-likeness (QED) is 0.353.